The maximum absolute atomic E-state index is 11.0. The third-order valence-corrected chi connectivity index (χ3v) is 4.25. The number of rotatable bonds is 1. The van der Waals surface area contributed by atoms with Gasteiger partial charge in [-0.05, 0) is 24.2 Å². The quantitative estimate of drug-likeness (QED) is 0.729. The molecule has 4 heteroatoms. The number of hydrogen-bond donors (Lipinski definition) is 0. The minimum absolute atomic E-state index is 0.391. The Morgan fingerprint density at radius 2 is 1.53 bits per heavy atom. The minimum Gasteiger partial charge on any atom is -0.213 e. The lowest BCUT2D eigenvalue weighted by Gasteiger charge is -2.57. The van der Waals surface area contributed by atoms with Gasteiger partial charge in [-0.1, -0.05) is 41.0 Å². The molecule has 2 fully saturated rings. The highest BCUT2D eigenvalue weighted by Crippen LogP contribution is 2.52. The van der Waals surface area contributed by atoms with E-state index in [2.05, 4.69) is 20.8 Å². The van der Waals surface area contributed by atoms with Crippen molar-refractivity contribution in [3.8, 4) is 0 Å². The van der Waals surface area contributed by atoms with Crippen LogP contribution in [0.25, 0.3) is 0 Å². The van der Waals surface area contributed by atoms with E-state index in [0.29, 0.717) is 5.41 Å². The van der Waals surface area contributed by atoms with Crippen molar-refractivity contribution >= 4 is 10.0 Å². The highest BCUT2D eigenvalue weighted by Gasteiger charge is 2.53. The molecule has 0 N–H and O–H groups in total. The third-order valence-electron chi connectivity index (χ3n) is 3.06. The molecular weight excluding hydrogens is 234 g/mol. The van der Waals surface area contributed by atoms with Crippen molar-refractivity contribution in [1.29, 1.82) is 0 Å². The molecule has 1 saturated carbocycles. The Balaban J connectivity index is 0.000000450. The van der Waals surface area contributed by atoms with Crippen molar-refractivity contribution in [3.05, 3.63) is 0 Å². The van der Waals surface area contributed by atoms with E-state index in [1.54, 1.807) is 4.31 Å². The smallest absolute Gasteiger partial charge is 0.211 e. The van der Waals surface area contributed by atoms with Crippen molar-refractivity contribution in [3.63, 3.8) is 0 Å². The molecule has 0 aromatic heterocycles. The monoisotopic (exact) mass is 263 g/mol. The van der Waals surface area contributed by atoms with E-state index in [1.807, 2.05) is 13.8 Å². The molecule has 1 aliphatic heterocycles. The highest BCUT2D eigenvalue weighted by atomic mass is 32.2. The Labute approximate surface area is 108 Å². The van der Waals surface area contributed by atoms with E-state index in [1.165, 1.54) is 25.5 Å². The minimum atomic E-state index is -2.90. The zero-order valence-electron chi connectivity index (χ0n) is 12.3. The van der Waals surface area contributed by atoms with Crippen LogP contribution in [0.15, 0.2) is 0 Å². The molecular formula is C13H29NO2S. The molecule has 104 valence electrons. The van der Waals surface area contributed by atoms with Gasteiger partial charge in [-0.2, -0.15) is 0 Å². The fourth-order valence-electron chi connectivity index (χ4n) is 2.61. The summed E-state index contributed by atoms with van der Waals surface area (Å²) < 4.78 is 23.7. The molecule has 2 aliphatic rings. The van der Waals surface area contributed by atoms with E-state index >= 15 is 0 Å². The normalized spacial score (nSPS) is 22.5. The number of hydrogen-bond acceptors (Lipinski definition) is 2. The van der Waals surface area contributed by atoms with Crippen LogP contribution in [0.2, 0.25) is 0 Å². The molecule has 0 radical (unpaired) electrons. The van der Waals surface area contributed by atoms with Crippen LogP contribution < -0.4 is 0 Å². The van der Waals surface area contributed by atoms with Gasteiger partial charge >= 0.3 is 0 Å². The SMILES string of the molecule is CC.CC1CC2(C1)CN(S(C)(=O)=O)C2.CCC. The summed E-state index contributed by atoms with van der Waals surface area (Å²) in [4.78, 5) is 0. The summed E-state index contributed by atoms with van der Waals surface area (Å²) in [7, 11) is -2.90. The van der Waals surface area contributed by atoms with Gasteiger partial charge in [-0.15, -0.1) is 0 Å². The highest BCUT2D eigenvalue weighted by molar-refractivity contribution is 7.88. The molecule has 1 aliphatic carbocycles. The van der Waals surface area contributed by atoms with E-state index in [9.17, 15) is 8.42 Å². The van der Waals surface area contributed by atoms with Gasteiger partial charge in [0, 0.05) is 13.1 Å². The second-order valence-corrected chi connectivity index (χ2v) is 7.23. The molecule has 0 aromatic carbocycles. The Morgan fingerprint density at radius 3 is 1.76 bits per heavy atom. The second-order valence-electron chi connectivity index (χ2n) is 5.25. The molecule has 17 heavy (non-hydrogen) atoms. The van der Waals surface area contributed by atoms with Gasteiger partial charge in [-0.3, -0.25) is 0 Å². The van der Waals surface area contributed by atoms with Crippen molar-refractivity contribution in [2.75, 3.05) is 19.3 Å². The second kappa shape index (κ2) is 6.74. The van der Waals surface area contributed by atoms with Gasteiger partial charge in [-0.25, -0.2) is 12.7 Å². The molecule has 0 unspecified atom stereocenters. The Kier molecular flexibility index (Phi) is 6.70. The first kappa shape index (κ1) is 16.9. The number of sulfonamides is 1. The van der Waals surface area contributed by atoms with E-state index < -0.39 is 10.0 Å². The van der Waals surface area contributed by atoms with Crippen molar-refractivity contribution in [2.45, 2.75) is 53.9 Å². The van der Waals surface area contributed by atoms with Crippen LogP contribution in [0.4, 0.5) is 0 Å². The molecule has 0 atom stereocenters. The predicted molar refractivity (Wildman–Crippen MR) is 74.6 cm³/mol. The molecule has 3 nitrogen and oxygen atoms in total. The van der Waals surface area contributed by atoms with Gasteiger partial charge in [0.15, 0.2) is 0 Å². The van der Waals surface area contributed by atoms with Crippen molar-refractivity contribution < 1.29 is 8.42 Å². The van der Waals surface area contributed by atoms with Crippen LogP contribution in [0.3, 0.4) is 0 Å². The molecule has 0 amide bonds. The summed E-state index contributed by atoms with van der Waals surface area (Å²) in [5.74, 6) is 0.812. The summed E-state index contributed by atoms with van der Waals surface area (Å²) in [5.41, 5.74) is 0.391. The van der Waals surface area contributed by atoms with E-state index in [0.717, 1.165) is 19.0 Å². The largest absolute Gasteiger partial charge is 0.213 e. The Morgan fingerprint density at radius 1 is 1.18 bits per heavy atom. The number of nitrogens with zero attached hydrogens (tertiary/aromatic N) is 1. The fraction of sp³-hybridized carbons (Fsp3) is 1.00. The van der Waals surface area contributed by atoms with Crippen molar-refractivity contribution in [2.24, 2.45) is 11.3 Å². The lowest BCUT2D eigenvalue weighted by molar-refractivity contribution is -0.0456. The van der Waals surface area contributed by atoms with Crippen LogP contribution in [-0.4, -0.2) is 32.1 Å². The summed E-state index contributed by atoms with van der Waals surface area (Å²) in [5, 5.41) is 0. The third kappa shape index (κ3) is 4.59. The Hall–Kier alpha value is -0.0900. The van der Waals surface area contributed by atoms with Crippen molar-refractivity contribution in [1.82, 2.24) is 4.31 Å². The van der Waals surface area contributed by atoms with E-state index in [-0.39, 0.29) is 0 Å². The molecule has 1 saturated heterocycles. The molecule has 0 aromatic rings. The van der Waals surface area contributed by atoms with Gasteiger partial charge in [0.25, 0.3) is 0 Å². The van der Waals surface area contributed by atoms with Crippen LogP contribution >= 0.6 is 0 Å². The van der Waals surface area contributed by atoms with Gasteiger partial charge in [0.1, 0.15) is 0 Å². The standard InChI is InChI=1S/C8H15NO2S.C3H8.C2H6/c1-7-3-8(4-7)5-9(6-8)12(2,10)11;1-3-2;1-2/h7H,3-6H2,1-2H3;3H2,1-2H3;1-2H3. The van der Waals surface area contributed by atoms with Crippen LogP contribution in [-0.2, 0) is 10.0 Å². The van der Waals surface area contributed by atoms with Gasteiger partial charge in [0.2, 0.25) is 10.0 Å². The molecule has 1 heterocycles. The first-order valence-electron chi connectivity index (χ1n) is 6.78. The van der Waals surface area contributed by atoms with Gasteiger partial charge in [0.05, 0.1) is 6.26 Å². The zero-order valence-corrected chi connectivity index (χ0v) is 13.1. The first-order valence-corrected chi connectivity index (χ1v) is 8.63. The summed E-state index contributed by atoms with van der Waals surface area (Å²) in [6.45, 7) is 12.0. The fourth-order valence-corrected chi connectivity index (χ4v) is 3.63. The zero-order chi connectivity index (χ0) is 13.7. The lowest BCUT2D eigenvalue weighted by Crippen LogP contribution is -2.62. The lowest BCUT2D eigenvalue weighted by atomic mass is 9.59. The van der Waals surface area contributed by atoms with Crippen LogP contribution in [0.5, 0.6) is 0 Å². The topological polar surface area (TPSA) is 37.4 Å². The predicted octanol–water partition coefficient (Wildman–Crippen LogP) is 3.12. The molecule has 0 bridgehead atoms. The van der Waals surface area contributed by atoms with Crippen LogP contribution in [0, 0.1) is 11.3 Å². The summed E-state index contributed by atoms with van der Waals surface area (Å²) in [6.07, 6.45) is 4.99. The van der Waals surface area contributed by atoms with E-state index in [4.69, 9.17) is 0 Å². The van der Waals surface area contributed by atoms with Crippen LogP contribution in [0.1, 0.15) is 53.9 Å². The average Bonchev–Trinajstić information content (AvgIpc) is 2.11. The molecule has 2 rings (SSSR count). The summed E-state index contributed by atoms with van der Waals surface area (Å²) in [6, 6.07) is 0. The first-order chi connectivity index (χ1) is 7.83. The maximum Gasteiger partial charge on any atom is 0.211 e. The molecule has 1 spiro atoms. The summed E-state index contributed by atoms with van der Waals surface area (Å²) >= 11 is 0. The Bertz CT molecular complexity index is 297. The average molecular weight is 263 g/mol. The van der Waals surface area contributed by atoms with Gasteiger partial charge < -0.3 is 0 Å². The maximum atomic E-state index is 11.0.